The number of aromatic nitrogens is 2. The predicted molar refractivity (Wildman–Crippen MR) is 126 cm³/mol. The third-order valence-corrected chi connectivity index (χ3v) is 6.47. The van der Waals surface area contributed by atoms with Crippen LogP contribution < -0.4 is 4.74 Å². The minimum Gasteiger partial charge on any atom is -0.391 e. The van der Waals surface area contributed by atoms with E-state index in [0.717, 1.165) is 31.6 Å². The number of piperazine rings is 1. The topological polar surface area (TPSA) is 98.8 Å². The lowest BCUT2D eigenvalue weighted by Crippen LogP contribution is -2.50. The first-order valence-corrected chi connectivity index (χ1v) is 11.9. The van der Waals surface area contributed by atoms with Gasteiger partial charge in [-0.15, -0.1) is 0 Å². The average molecular weight is 468 g/mol. The molecular weight excluding hydrogens is 434 g/mol. The van der Waals surface area contributed by atoms with Gasteiger partial charge in [-0.3, -0.25) is 19.4 Å². The summed E-state index contributed by atoms with van der Waals surface area (Å²) in [6.45, 7) is 8.04. The van der Waals surface area contributed by atoms with Gasteiger partial charge < -0.3 is 14.6 Å². The molecule has 2 aliphatic rings. The van der Waals surface area contributed by atoms with Crippen molar-refractivity contribution in [2.24, 2.45) is 5.41 Å². The summed E-state index contributed by atoms with van der Waals surface area (Å²) in [5.74, 6) is 0.00288. The Hall–Kier alpha value is -3.20. The number of hydrogen-bond donors (Lipinski definition) is 1. The minimum absolute atomic E-state index is 0.121. The van der Waals surface area contributed by atoms with Gasteiger partial charge in [0, 0.05) is 82.7 Å². The number of amides is 3. The highest BCUT2D eigenvalue weighted by atomic mass is 16.6. The molecule has 0 saturated carbocycles. The summed E-state index contributed by atoms with van der Waals surface area (Å²) in [5.41, 5.74) is 1.82. The summed E-state index contributed by atoms with van der Waals surface area (Å²) in [4.78, 5) is 50.0. The summed E-state index contributed by atoms with van der Waals surface area (Å²) < 4.78 is 5.45. The van der Waals surface area contributed by atoms with Gasteiger partial charge >= 0.3 is 6.09 Å². The number of ether oxygens (including phenoxy) is 1. The molecule has 2 aromatic heterocycles. The zero-order valence-corrected chi connectivity index (χ0v) is 20.0. The average Bonchev–Trinajstić information content (AvgIpc) is 3.31. The third kappa shape index (κ3) is 6.22. The molecule has 0 radical (unpaired) electrons. The van der Waals surface area contributed by atoms with E-state index in [9.17, 15) is 14.4 Å². The van der Waals surface area contributed by atoms with Gasteiger partial charge in [-0.1, -0.05) is 19.9 Å². The molecule has 4 heterocycles. The van der Waals surface area contributed by atoms with Crippen LogP contribution in [0.1, 0.15) is 37.9 Å². The lowest BCUT2D eigenvalue weighted by Gasteiger charge is -2.34. The number of H-pyrrole nitrogens is 1. The molecule has 0 bridgehead atoms. The zero-order chi connectivity index (χ0) is 24.1. The van der Waals surface area contributed by atoms with Crippen LogP contribution in [0.3, 0.4) is 0 Å². The van der Waals surface area contributed by atoms with Gasteiger partial charge in [0.05, 0.1) is 0 Å². The molecule has 0 aliphatic carbocycles. The quantitative estimate of drug-likeness (QED) is 0.628. The SMILES string of the molecule is CC1(C)CC(=O)N(CCc2ccc(OC(=O)N3CCN(CCc4ccc[nH]4)CC3)nc2)C(=O)C1. The number of carbonyl (C=O) groups is 3. The summed E-state index contributed by atoms with van der Waals surface area (Å²) in [6.07, 6.45) is 5.41. The maximum Gasteiger partial charge on any atom is 0.416 e. The molecule has 1 N–H and O–H groups in total. The van der Waals surface area contributed by atoms with Gasteiger partial charge in [-0.05, 0) is 29.5 Å². The molecular formula is C25H33N5O4. The molecule has 4 rings (SSSR count). The second-order valence-corrected chi connectivity index (χ2v) is 9.85. The Kier molecular flexibility index (Phi) is 7.31. The molecule has 182 valence electrons. The Morgan fingerprint density at radius 3 is 2.38 bits per heavy atom. The van der Waals surface area contributed by atoms with Crippen molar-refractivity contribution in [2.75, 3.05) is 39.3 Å². The van der Waals surface area contributed by atoms with Crippen molar-refractivity contribution >= 4 is 17.9 Å². The first-order valence-electron chi connectivity index (χ1n) is 11.9. The van der Waals surface area contributed by atoms with Crippen LogP contribution in [0.25, 0.3) is 0 Å². The molecule has 2 saturated heterocycles. The van der Waals surface area contributed by atoms with Crippen LogP contribution in [0.2, 0.25) is 0 Å². The Morgan fingerprint density at radius 2 is 1.76 bits per heavy atom. The lowest BCUT2D eigenvalue weighted by atomic mass is 9.81. The van der Waals surface area contributed by atoms with E-state index < -0.39 is 6.09 Å². The fraction of sp³-hybridized carbons (Fsp3) is 0.520. The molecule has 2 aliphatic heterocycles. The van der Waals surface area contributed by atoms with Crippen LogP contribution in [0, 0.1) is 5.41 Å². The molecule has 0 spiro atoms. The van der Waals surface area contributed by atoms with E-state index in [1.54, 1.807) is 17.2 Å². The monoisotopic (exact) mass is 467 g/mol. The molecule has 2 fully saturated rings. The number of aromatic amines is 1. The number of rotatable bonds is 7. The van der Waals surface area contributed by atoms with E-state index in [0.29, 0.717) is 38.9 Å². The van der Waals surface area contributed by atoms with E-state index >= 15 is 0 Å². The largest absolute Gasteiger partial charge is 0.416 e. The third-order valence-electron chi connectivity index (χ3n) is 6.47. The molecule has 9 heteroatoms. The summed E-state index contributed by atoms with van der Waals surface area (Å²) in [5, 5.41) is 0. The molecule has 0 aromatic carbocycles. The molecule has 0 unspecified atom stereocenters. The predicted octanol–water partition coefficient (Wildman–Crippen LogP) is 2.49. The highest BCUT2D eigenvalue weighted by Gasteiger charge is 2.37. The highest BCUT2D eigenvalue weighted by molar-refractivity contribution is 5.98. The maximum absolute atomic E-state index is 12.5. The van der Waals surface area contributed by atoms with Crippen LogP contribution in [-0.4, -0.2) is 81.8 Å². The number of hydrogen-bond acceptors (Lipinski definition) is 6. The van der Waals surface area contributed by atoms with Gasteiger partial charge in [-0.25, -0.2) is 9.78 Å². The number of carbonyl (C=O) groups excluding carboxylic acids is 3. The molecule has 2 aromatic rings. The molecule has 34 heavy (non-hydrogen) atoms. The van der Waals surface area contributed by atoms with E-state index in [1.807, 2.05) is 32.2 Å². The Bertz CT molecular complexity index is 975. The Morgan fingerprint density at radius 1 is 1.03 bits per heavy atom. The lowest BCUT2D eigenvalue weighted by molar-refractivity contribution is -0.152. The second-order valence-electron chi connectivity index (χ2n) is 9.85. The maximum atomic E-state index is 12.5. The number of piperidine rings is 1. The first-order chi connectivity index (χ1) is 16.3. The number of nitrogens with zero attached hydrogens (tertiary/aromatic N) is 4. The zero-order valence-electron chi connectivity index (χ0n) is 20.0. The summed E-state index contributed by atoms with van der Waals surface area (Å²) in [6, 6.07) is 7.56. The van der Waals surface area contributed by atoms with Crippen molar-refractivity contribution in [1.82, 2.24) is 24.7 Å². The van der Waals surface area contributed by atoms with Crippen molar-refractivity contribution in [1.29, 1.82) is 0 Å². The van der Waals surface area contributed by atoms with E-state index in [4.69, 9.17) is 4.74 Å². The van der Waals surface area contributed by atoms with Gasteiger partial charge in [0.15, 0.2) is 0 Å². The van der Waals surface area contributed by atoms with Gasteiger partial charge in [0.1, 0.15) is 0 Å². The van der Waals surface area contributed by atoms with E-state index in [-0.39, 0.29) is 23.1 Å². The first kappa shape index (κ1) is 23.9. The van der Waals surface area contributed by atoms with Crippen LogP contribution in [0.5, 0.6) is 5.88 Å². The van der Waals surface area contributed by atoms with E-state index in [1.165, 1.54) is 10.6 Å². The van der Waals surface area contributed by atoms with Crippen LogP contribution in [0.15, 0.2) is 36.7 Å². The number of likely N-dealkylation sites (tertiary alicyclic amines) is 1. The van der Waals surface area contributed by atoms with Gasteiger partial charge in [0.2, 0.25) is 17.7 Å². The fourth-order valence-electron chi connectivity index (χ4n) is 4.43. The van der Waals surface area contributed by atoms with Gasteiger partial charge in [-0.2, -0.15) is 0 Å². The molecule has 3 amide bonds. The summed E-state index contributed by atoms with van der Waals surface area (Å²) >= 11 is 0. The molecule has 0 atom stereocenters. The van der Waals surface area contributed by atoms with Crippen molar-refractivity contribution in [2.45, 2.75) is 39.5 Å². The smallest absolute Gasteiger partial charge is 0.391 e. The van der Waals surface area contributed by atoms with Crippen molar-refractivity contribution in [3.63, 3.8) is 0 Å². The minimum atomic E-state index is -0.392. The standard InChI is InChI=1S/C25H33N5O4/c1-25(2)16-22(31)30(23(32)17-25)11-7-19-5-6-21(27-18-19)34-24(33)29-14-12-28(13-15-29)10-8-20-4-3-9-26-20/h3-6,9,18,26H,7-8,10-17H2,1-2H3. The summed E-state index contributed by atoms with van der Waals surface area (Å²) in [7, 11) is 0. The van der Waals surface area contributed by atoms with Crippen LogP contribution >= 0.6 is 0 Å². The number of nitrogens with one attached hydrogen (secondary N) is 1. The Labute approximate surface area is 200 Å². The van der Waals surface area contributed by atoms with Crippen molar-refractivity contribution < 1.29 is 19.1 Å². The van der Waals surface area contributed by atoms with Crippen molar-refractivity contribution in [3.8, 4) is 5.88 Å². The van der Waals surface area contributed by atoms with Gasteiger partial charge in [0.25, 0.3) is 0 Å². The van der Waals surface area contributed by atoms with Crippen LogP contribution in [0.4, 0.5) is 4.79 Å². The molecule has 9 nitrogen and oxygen atoms in total. The van der Waals surface area contributed by atoms with E-state index in [2.05, 4.69) is 20.9 Å². The van der Waals surface area contributed by atoms with Crippen LogP contribution in [-0.2, 0) is 22.4 Å². The number of pyridine rings is 1. The Balaban J connectivity index is 1.20. The number of imide groups is 1. The fourth-order valence-corrected chi connectivity index (χ4v) is 4.43. The highest BCUT2D eigenvalue weighted by Crippen LogP contribution is 2.31. The van der Waals surface area contributed by atoms with Crippen molar-refractivity contribution in [3.05, 3.63) is 47.9 Å². The normalized spacial score (nSPS) is 18.9. The second kappa shape index (κ2) is 10.4.